The number of H-pyrrole nitrogens is 1. The number of carbonyl (C=O) groups excluding carboxylic acids is 3. The molecule has 1 atom stereocenters. The van der Waals surface area contributed by atoms with E-state index in [0.29, 0.717) is 18.7 Å². The Morgan fingerprint density at radius 2 is 1.90 bits per heavy atom. The first-order valence-corrected chi connectivity index (χ1v) is 9.63. The number of rotatable bonds is 7. The lowest BCUT2D eigenvalue weighted by molar-refractivity contribution is -0.127. The van der Waals surface area contributed by atoms with Crippen LogP contribution in [0.15, 0.2) is 60.8 Å². The van der Waals surface area contributed by atoms with Gasteiger partial charge in [-0.25, -0.2) is 4.79 Å². The molecule has 0 spiro atoms. The van der Waals surface area contributed by atoms with E-state index in [-0.39, 0.29) is 24.7 Å². The van der Waals surface area contributed by atoms with E-state index in [4.69, 9.17) is 0 Å². The van der Waals surface area contributed by atoms with Crippen LogP contribution in [0.1, 0.15) is 18.4 Å². The average Bonchev–Trinajstić information content (AvgIpc) is 3.29. The Hall–Kier alpha value is -3.61. The van der Waals surface area contributed by atoms with Gasteiger partial charge in [0.15, 0.2) is 0 Å². The number of fused-ring (bicyclic) bond motifs is 1. The standard InChI is InChI=1S/C22H22N4O3/c27-20(24-17-7-6-16-10-12-23-19(16)14-17)9-8-18-21(28)26(22(29)25-18)13-11-15-4-2-1-3-5-15/h1-7,10,12,14,18,23H,8-9,11,13H2,(H,24,27)(H,25,29)/t18-/m0/s1. The highest BCUT2D eigenvalue weighted by molar-refractivity contribution is 6.04. The van der Waals surface area contributed by atoms with Crippen molar-refractivity contribution in [1.29, 1.82) is 0 Å². The first-order chi connectivity index (χ1) is 14.1. The highest BCUT2D eigenvalue weighted by Gasteiger charge is 2.37. The molecule has 4 rings (SSSR count). The number of hydrogen-bond donors (Lipinski definition) is 3. The summed E-state index contributed by atoms with van der Waals surface area (Å²) >= 11 is 0. The third kappa shape index (κ3) is 4.29. The predicted molar refractivity (Wildman–Crippen MR) is 110 cm³/mol. The van der Waals surface area contributed by atoms with Crippen molar-refractivity contribution >= 4 is 34.4 Å². The highest BCUT2D eigenvalue weighted by Crippen LogP contribution is 2.18. The maximum atomic E-state index is 12.5. The molecule has 0 saturated carbocycles. The van der Waals surface area contributed by atoms with Crippen molar-refractivity contribution in [2.24, 2.45) is 0 Å². The normalized spacial score (nSPS) is 16.3. The number of nitrogens with zero attached hydrogens (tertiary/aromatic N) is 1. The Balaban J connectivity index is 1.28. The molecule has 0 unspecified atom stereocenters. The van der Waals surface area contributed by atoms with Crippen LogP contribution in [-0.2, 0) is 16.0 Å². The second-order valence-corrected chi connectivity index (χ2v) is 7.09. The molecular weight excluding hydrogens is 368 g/mol. The monoisotopic (exact) mass is 390 g/mol. The Morgan fingerprint density at radius 3 is 2.72 bits per heavy atom. The molecule has 3 N–H and O–H groups in total. The van der Waals surface area contributed by atoms with Gasteiger partial charge in [-0.1, -0.05) is 36.4 Å². The number of carbonyl (C=O) groups is 3. The molecule has 4 amide bonds. The summed E-state index contributed by atoms with van der Waals surface area (Å²) in [6, 6.07) is 16.2. The SMILES string of the molecule is O=C(CC[C@@H]1NC(=O)N(CCc2ccccc2)C1=O)Nc1ccc2cc[nH]c2c1. The number of urea groups is 1. The predicted octanol–water partition coefficient (Wildman–Crippen LogP) is 3.05. The molecule has 0 aliphatic carbocycles. The Kier molecular flexibility index (Phi) is 5.29. The van der Waals surface area contributed by atoms with Crippen LogP contribution in [0.4, 0.5) is 10.5 Å². The summed E-state index contributed by atoms with van der Waals surface area (Å²) in [5.41, 5.74) is 2.70. The number of benzene rings is 2. The minimum atomic E-state index is -0.657. The molecule has 3 aromatic rings. The van der Waals surface area contributed by atoms with Gasteiger partial charge in [0, 0.05) is 30.4 Å². The minimum absolute atomic E-state index is 0.145. The van der Waals surface area contributed by atoms with E-state index in [0.717, 1.165) is 16.5 Å². The van der Waals surface area contributed by atoms with Crippen molar-refractivity contribution in [2.45, 2.75) is 25.3 Å². The molecule has 2 heterocycles. The maximum Gasteiger partial charge on any atom is 0.324 e. The number of hydrogen-bond acceptors (Lipinski definition) is 3. The van der Waals surface area contributed by atoms with E-state index in [1.807, 2.05) is 60.8 Å². The Labute approximate surface area is 168 Å². The molecule has 0 bridgehead atoms. The number of aromatic nitrogens is 1. The zero-order valence-corrected chi connectivity index (χ0v) is 15.9. The molecular formula is C22H22N4O3. The fourth-order valence-electron chi connectivity index (χ4n) is 3.49. The molecule has 7 nitrogen and oxygen atoms in total. The van der Waals surface area contributed by atoms with E-state index in [9.17, 15) is 14.4 Å². The van der Waals surface area contributed by atoms with Crippen molar-refractivity contribution in [3.05, 3.63) is 66.4 Å². The van der Waals surface area contributed by atoms with Crippen molar-refractivity contribution in [3.63, 3.8) is 0 Å². The first-order valence-electron chi connectivity index (χ1n) is 9.63. The van der Waals surface area contributed by atoms with Crippen LogP contribution in [0.5, 0.6) is 0 Å². The first kappa shape index (κ1) is 18.7. The Bertz CT molecular complexity index is 1040. The van der Waals surface area contributed by atoms with E-state index in [1.54, 1.807) is 0 Å². The number of nitrogens with one attached hydrogen (secondary N) is 3. The average molecular weight is 390 g/mol. The molecule has 7 heteroatoms. The van der Waals surface area contributed by atoms with Gasteiger partial charge in [0.25, 0.3) is 5.91 Å². The van der Waals surface area contributed by atoms with Gasteiger partial charge in [-0.05, 0) is 42.0 Å². The number of aromatic amines is 1. The van der Waals surface area contributed by atoms with Crippen LogP contribution < -0.4 is 10.6 Å². The van der Waals surface area contributed by atoms with Crippen LogP contribution in [0, 0.1) is 0 Å². The third-order valence-electron chi connectivity index (χ3n) is 5.07. The second-order valence-electron chi connectivity index (χ2n) is 7.09. The van der Waals surface area contributed by atoms with E-state index in [1.165, 1.54) is 4.90 Å². The summed E-state index contributed by atoms with van der Waals surface area (Å²) in [5, 5.41) is 6.59. The highest BCUT2D eigenvalue weighted by atomic mass is 16.2. The van der Waals surface area contributed by atoms with Crippen LogP contribution in [-0.4, -0.2) is 40.3 Å². The Morgan fingerprint density at radius 1 is 1.07 bits per heavy atom. The summed E-state index contributed by atoms with van der Waals surface area (Å²) in [5.74, 6) is -0.466. The van der Waals surface area contributed by atoms with Gasteiger partial charge in [0.1, 0.15) is 6.04 Å². The van der Waals surface area contributed by atoms with Crippen molar-refractivity contribution in [2.75, 3.05) is 11.9 Å². The lowest BCUT2D eigenvalue weighted by Crippen LogP contribution is -2.33. The summed E-state index contributed by atoms with van der Waals surface area (Å²) in [4.78, 5) is 41.3. The molecule has 29 heavy (non-hydrogen) atoms. The van der Waals surface area contributed by atoms with Crippen molar-refractivity contribution < 1.29 is 14.4 Å². The quantitative estimate of drug-likeness (QED) is 0.541. The van der Waals surface area contributed by atoms with Gasteiger partial charge in [-0.3, -0.25) is 14.5 Å². The smallest absolute Gasteiger partial charge is 0.324 e. The molecule has 1 aliphatic rings. The minimum Gasteiger partial charge on any atom is -0.361 e. The van der Waals surface area contributed by atoms with Crippen LogP contribution >= 0.6 is 0 Å². The van der Waals surface area contributed by atoms with Crippen molar-refractivity contribution in [3.8, 4) is 0 Å². The molecule has 0 radical (unpaired) electrons. The largest absolute Gasteiger partial charge is 0.361 e. The summed E-state index contributed by atoms with van der Waals surface area (Å²) < 4.78 is 0. The zero-order chi connectivity index (χ0) is 20.2. The number of amides is 4. The van der Waals surface area contributed by atoms with E-state index >= 15 is 0 Å². The van der Waals surface area contributed by atoms with Gasteiger partial charge >= 0.3 is 6.03 Å². The fourth-order valence-corrected chi connectivity index (χ4v) is 3.49. The van der Waals surface area contributed by atoms with Gasteiger partial charge in [0.2, 0.25) is 5.91 Å². The summed E-state index contributed by atoms with van der Waals surface area (Å²) in [6.07, 6.45) is 2.86. The van der Waals surface area contributed by atoms with Crippen LogP contribution in [0.3, 0.4) is 0 Å². The second kappa shape index (κ2) is 8.18. The van der Waals surface area contributed by atoms with Gasteiger partial charge < -0.3 is 15.6 Å². The molecule has 148 valence electrons. The molecule has 1 aromatic heterocycles. The van der Waals surface area contributed by atoms with Gasteiger partial charge in [-0.15, -0.1) is 0 Å². The summed E-state index contributed by atoms with van der Waals surface area (Å²) in [6.45, 7) is 0.327. The number of anilines is 1. The number of imide groups is 1. The molecule has 2 aromatic carbocycles. The molecule has 1 aliphatic heterocycles. The van der Waals surface area contributed by atoms with E-state index < -0.39 is 12.1 Å². The summed E-state index contributed by atoms with van der Waals surface area (Å²) in [7, 11) is 0. The fraction of sp³-hybridized carbons (Fsp3) is 0.227. The topological polar surface area (TPSA) is 94.3 Å². The van der Waals surface area contributed by atoms with E-state index in [2.05, 4.69) is 15.6 Å². The van der Waals surface area contributed by atoms with Crippen LogP contribution in [0.2, 0.25) is 0 Å². The van der Waals surface area contributed by atoms with Crippen LogP contribution in [0.25, 0.3) is 10.9 Å². The molecule has 1 fully saturated rings. The van der Waals surface area contributed by atoms with Gasteiger partial charge in [0.05, 0.1) is 0 Å². The van der Waals surface area contributed by atoms with Gasteiger partial charge in [-0.2, -0.15) is 0 Å². The lowest BCUT2D eigenvalue weighted by Gasteiger charge is -2.13. The van der Waals surface area contributed by atoms with Crippen molar-refractivity contribution in [1.82, 2.24) is 15.2 Å². The lowest BCUT2D eigenvalue weighted by atomic mass is 10.1. The maximum absolute atomic E-state index is 12.5. The third-order valence-corrected chi connectivity index (χ3v) is 5.07. The zero-order valence-electron chi connectivity index (χ0n) is 15.9. The molecule has 1 saturated heterocycles.